The maximum atomic E-state index is 11.2. The third-order valence-electron chi connectivity index (χ3n) is 1.72. The lowest BCUT2D eigenvalue weighted by atomic mass is 10.2. The molecule has 0 saturated carbocycles. The first-order valence-electron chi connectivity index (χ1n) is 4.86. The fraction of sp³-hybridized carbons (Fsp3) is 0.875. The topological polar surface area (TPSA) is 127 Å². The van der Waals surface area contributed by atoms with Crippen LogP contribution in [0.25, 0.3) is 0 Å². The van der Waals surface area contributed by atoms with Gasteiger partial charge in [0, 0.05) is 6.42 Å². The maximum absolute atomic E-state index is 11.2. The maximum Gasteiger partial charge on any atom is 0.338 e. The van der Waals surface area contributed by atoms with Gasteiger partial charge in [-0.3, -0.25) is 0 Å². The molecule has 7 nitrogen and oxygen atoms in total. The monoisotopic (exact) mass is 255 g/mol. The van der Waals surface area contributed by atoms with Crippen LogP contribution in [0.4, 0.5) is 0 Å². The quantitative estimate of drug-likeness (QED) is 0.380. The standard InChI is InChI=1S/C8H17NO6S/c1-2-3-4-16(13,14)15-8(12)6(9)5-7(10)11/h6-7,10-11H,2-5,9H2,1H3/t6-/m0/s1. The van der Waals surface area contributed by atoms with Crippen molar-refractivity contribution in [2.24, 2.45) is 5.73 Å². The van der Waals surface area contributed by atoms with E-state index >= 15 is 0 Å². The summed E-state index contributed by atoms with van der Waals surface area (Å²) >= 11 is 0. The van der Waals surface area contributed by atoms with E-state index in [9.17, 15) is 13.2 Å². The van der Waals surface area contributed by atoms with E-state index in [1.54, 1.807) is 6.92 Å². The van der Waals surface area contributed by atoms with Crippen LogP contribution in [-0.2, 0) is 19.1 Å². The first kappa shape index (κ1) is 15.3. The van der Waals surface area contributed by atoms with Gasteiger partial charge in [-0.25, -0.2) is 4.79 Å². The smallest absolute Gasteiger partial charge is 0.338 e. The number of nitrogens with two attached hydrogens (primary N) is 1. The van der Waals surface area contributed by atoms with Gasteiger partial charge in [-0.05, 0) is 6.42 Å². The number of carbonyl (C=O) groups is 1. The lowest BCUT2D eigenvalue weighted by Crippen LogP contribution is -2.37. The zero-order valence-corrected chi connectivity index (χ0v) is 9.81. The summed E-state index contributed by atoms with van der Waals surface area (Å²) in [6.45, 7) is 1.80. The summed E-state index contributed by atoms with van der Waals surface area (Å²) in [4.78, 5) is 11.1. The predicted octanol–water partition coefficient (Wildman–Crippen LogP) is -1.31. The summed E-state index contributed by atoms with van der Waals surface area (Å²) in [7, 11) is -3.92. The first-order chi connectivity index (χ1) is 7.28. The predicted molar refractivity (Wildman–Crippen MR) is 55.6 cm³/mol. The highest BCUT2D eigenvalue weighted by Crippen LogP contribution is 2.03. The highest BCUT2D eigenvalue weighted by atomic mass is 32.2. The Kier molecular flexibility index (Phi) is 6.49. The molecule has 0 aromatic carbocycles. The van der Waals surface area contributed by atoms with Crippen molar-refractivity contribution in [3.8, 4) is 0 Å². The Labute approximate surface area is 94.3 Å². The lowest BCUT2D eigenvalue weighted by Gasteiger charge is -2.11. The Morgan fingerprint density at radius 2 is 2.00 bits per heavy atom. The minimum atomic E-state index is -3.92. The SMILES string of the molecule is CCCCS(=O)(=O)OC(=O)[C@@H](N)CC(O)O. The number of unbranched alkanes of at least 4 members (excludes halogenated alkanes) is 1. The minimum Gasteiger partial charge on any atom is -0.368 e. The average Bonchev–Trinajstić information content (AvgIpc) is 2.13. The Balaban J connectivity index is 4.22. The van der Waals surface area contributed by atoms with Gasteiger partial charge in [-0.15, -0.1) is 0 Å². The Morgan fingerprint density at radius 1 is 1.44 bits per heavy atom. The van der Waals surface area contributed by atoms with Crippen molar-refractivity contribution >= 4 is 16.1 Å². The third-order valence-corrected chi connectivity index (χ3v) is 2.93. The molecule has 1 atom stereocenters. The second-order valence-electron chi connectivity index (χ2n) is 3.34. The van der Waals surface area contributed by atoms with Crippen LogP contribution in [0, 0.1) is 0 Å². The van der Waals surface area contributed by atoms with Crippen LogP contribution in [0.3, 0.4) is 0 Å². The summed E-state index contributed by atoms with van der Waals surface area (Å²) in [6.07, 6.45) is -1.21. The van der Waals surface area contributed by atoms with Gasteiger partial charge in [-0.1, -0.05) is 13.3 Å². The van der Waals surface area contributed by atoms with Gasteiger partial charge in [0.15, 0.2) is 6.29 Å². The van der Waals surface area contributed by atoms with Gasteiger partial charge in [0.1, 0.15) is 6.04 Å². The van der Waals surface area contributed by atoms with Crippen LogP contribution in [0.2, 0.25) is 0 Å². The van der Waals surface area contributed by atoms with Crippen LogP contribution in [0.15, 0.2) is 0 Å². The van der Waals surface area contributed by atoms with Gasteiger partial charge in [0.05, 0.1) is 5.75 Å². The fourth-order valence-electron chi connectivity index (χ4n) is 0.873. The molecule has 0 aromatic rings. The molecule has 0 aliphatic rings. The van der Waals surface area contributed by atoms with Crippen LogP contribution in [-0.4, -0.2) is 42.7 Å². The normalized spacial score (nSPS) is 13.8. The zero-order valence-electron chi connectivity index (χ0n) is 9.00. The number of hydrogen-bond acceptors (Lipinski definition) is 7. The molecule has 0 saturated heterocycles. The molecule has 0 amide bonds. The van der Waals surface area contributed by atoms with Crippen LogP contribution in [0.5, 0.6) is 0 Å². The summed E-state index contributed by atoms with van der Waals surface area (Å²) in [5, 5.41) is 17.1. The van der Waals surface area contributed by atoms with Crippen LogP contribution in [0.1, 0.15) is 26.2 Å². The van der Waals surface area contributed by atoms with E-state index in [1.165, 1.54) is 0 Å². The minimum absolute atomic E-state index is 0.260. The van der Waals surface area contributed by atoms with Crippen molar-refractivity contribution in [3.63, 3.8) is 0 Å². The molecule has 0 radical (unpaired) electrons. The molecule has 0 fully saturated rings. The summed E-state index contributed by atoms with van der Waals surface area (Å²) in [5.74, 6) is -1.44. The van der Waals surface area contributed by atoms with E-state index in [-0.39, 0.29) is 5.75 Å². The van der Waals surface area contributed by atoms with Gasteiger partial charge >= 0.3 is 16.1 Å². The fourth-order valence-corrected chi connectivity index (χ4v) is 1.97. The average molecular weight is 255 g/mol. The van der Waals surface area contributed by atoms with Crippen molar-refractivity contribution in [2.45, 2.75) is 38.5 Å². The van der Waals surface area contributed by atoms with Crippen LogP contribution >= 0.6 is 0 Å². The molecule has 0 rings (SSSR count). The number of aliphatic hydroxyl groups excluding tert-OH is 1. The van der Waals surface area contributed by atoms with Gasteiger partial charge in [0.2, 0.25) is 0 Å². The summed E-state index contributed by atoms with van der Waals surface area (Å²) < 4.78 is 26.5. The zero-order chi connectivity index (χ0) is 12.8. The molecule has 16 heavy (non-hydrogen) atoms. The lowest BCUT2D eigenvalue weighted by molar-refractivity contribution is -0.138. The van der Waals surface area contributed by atoms with Crippen molar-refractivity contribution in [3.05, 3.63) is 0 Å². The van der Waals surface area contributed by atoms with Crippen molar-refractivity contribution in [1.82, 2.24) is 0 Å². The Bertz CT molecular complexity index is 312. The molecule has 0 spiro atoms. The summed E-state index contributed by atoms with van der Waals surface area (Å²) in [5.41, 5.74) is 5.20. The highest BCUT2D eigenvalue weighted by molar-refractivity contribution is 7.87. The van der Waals surface area contributed by atoms with Gasteiger partial charge in [-0.2, -0.15) is 8.42 Å². The molecule has 4 N–H and O–H groups in total. The molecule has 0 aromatic heterocycles. The molecule has 0 bridgehead atoms. The second-order valence-corrected chi connectivity index (χ2v) is 5.03. The van der Waals surface area contributed by atoms with Gasteiger partial charge in [0.25, 0.3) is 0 Å². The first-order valence-corrected chi connectivity index (χ1v) is 6.44. The van der Waals surface area contributed by atoms with E-state index < -0.39 is 34.8 Å². The second kappa shape index (κ2) is 6.79. The highest BCUT2D eigenvalue weighted by Gasteiger charge is 2.23. The molecule has 0 unspecified atom stereocenters. The van der Waals surface area contributed by atoms with Crippen molar-refractivity contribution in [2.75, 3.05) is 5.75 Å². The van der Waals surface area contributed by atoms with E-state index in [4.69, 9.17) is 15.9 Å². The van der Waals surface area contributed by atoms with E-state index in [0.29, 0.717) is 12.8 Å². The van der Waals surface area contributed by atoms with Gasteiger partial charge < -0.3 is 20.1 Å². The molecule has 0 heterocycles. The number of rotatable bonds is 7. The van der Waals surface area contributed by atoms with E-state index in [0.717, 1.165) is 0 Å². The number of aliphatic hydroxyl groups is 2. The van der Waals surface area contributed by atoms with Crippen molar-refractivity contribution < 1.29 is 27.6 Å². The van der Waals surface area contributed by atoms with Crippen LogP contribution < -0.4 is 5.73 Å². The molecule has 96 valence electrons. The molecular formula is C8H17NO6S. The Hall–Kier alpha value is -0.700. The Morgan fingerprint density at radius 3 is 2.44 bits per heavy atom. The third kappa shape index (κ3) is 6.72. The molecular weight excluding hydrogens is 238 g/mol. The summed E-state index contributed by atoms with van der Waals surface area (Å²) in [6, 6.07) is -1.36. The van der Waals surface area contributed by atoms with E-state index in [2.05, 4.69) is 4.18 Å². The molecule has 0 aliphatic heterocycles. The molecule has 8 heteroatoms. The van der Waals surface area contributed by atoms with E-state index in [1.807, 2.05) is 0 Å². The molecule has 0 aliphatic carbocycles. The largest absolute Gasteiger partial charge is 0.368 e. The van der Waals surface area contributed by atoms with Crippen molar-refractivity contribution in [1.29, 1.82) is 0 Å². The number of carbonyl (C=O) groups excluding carboxylic acids is 1. The number of hydrogen-bond donors (Lipinski definition) is 3.